The van der Waals surface area contributed by atoms with Crippen molar-refractivity contribution in [3.63, 3.8) is 0 Å². The molecular formula is C18H31NS. The van der Waals surface area contributed by atoms with Gasteiger partial charge in [0, 0.05) is 15.8 Å². The summed E-state index contributed by atoms with van der Waals surface area (Å²) in [4.78, 5) is 3.11. The normalized spacial score (nSPS) is 19.4. The fourth-order valence-electron chi connectivity index (χ4n) is 3.77. The van der Waals surface area contributed by atoms with Crippen LogP contribution in [0.15, 0.2) is 12.1 Å². The van der Waals surface area contributed by atoms with Crippen molar-refractivity contribution in [1.29, 1.82) is 0 Å². The average molecular weight is 294 g/mol. The largest absolute Gasteiger partial charge is 0.313 e. The van der Waals surface area contributed by atoms with E-state index < -0.39 is 0 Å². The number of hydrogen-bond acceptors (Lipinski definition) is 2. The summed E-state index contributed by atoms with van der Waals surface area (Å²) in [5.41, 5.74) is 0.561. The van der Waals surface area contributed by atoms with Crippen LogP contribution in [0.1, 0.15) is 69.1 Å². The molecule has 2 heteroatoms. The van der Waals surface area contributed by atoms with Crippen molar-refractivity contribution in [3.8, 4) is 0 Å². The lowest BCUT2D eigenvalue weighted by atomic mass is 9.74. The minimum atomic E-state index is 0.561. The van der Waals surface area contributed by atoms with Gasteiger partial charge in [-0.3, -0.25) is 0 Å². The van der Waals surface area contributed by atoms with Gasteiger partial charge < -0.3 is 5.32 Å². The Kier molecular flexibility index (Phi) is 6.10. The minimum Gasteiger partial charge on any atom is -0.313 e. The first kappa shape index (κ1) is 16.0. The molecule has 1 aliphatic rings. The lowest BCUT2D eigenvalue weighted by Gasteiger charge is -2.37. The molecule has 0 saturated heterocycles. The molecule has 1 aromatic rings. The van der Waals surface area contributed by atoms with Crippen LogP contribution in [0.3, 0.4) is 0 Å². The summed E-state index contributed by atoms with van der Waals surface area (Å²) in [6, 6.07) is 5.37. The van der Waals surface area contributed by atoms with Gasteiger partial charge in [-0.2, -0.15) is 0 Å². The molecule has 1 heterocycles. The third kappa shape index (κ3) is 3.65. The van der Waals surface area contributed by atoms with Crippen LogP contribution in [0.2, 0.25) is 0 Å². The summed E-state index contributed by atoms with van der Waals surface area (Å²) >= 11 is 2.02. The van der Waals surface area contributed by atoms with Gasteiger partial charge in [-0.1, -0.05) is 33.6 Å². The lowest BCUT2D eigenvalue weighted by molar-refractivity contribution is 0.185. The van der Waals surface area contributed by atoms with E-state index in [1.807, 2.05) is 11.3 Å². The van der Waals surface area contributed by atoms with Crippen molar-refractivity contribution in [3.05, 3.63) is 21.9 Å². The van der Waals surface area contributed by atoms with E-state index in [4.69, 9.17) is 0 Å². The standard InChI is InChI=1S/C18H31NS/c1-4-13-19-17(18(6-3)11-7-8-12-18)14-16-10-9-15(5-2)20-16/h9-10,17,19H,4-8,11-14H2,1-3H3. The highest BCUT2D eigenvalue weighted by molar-refractivity contribution is 7.11. The van der Waals surface area contributed by atoms with Gasteiger partial charge in [0.2, 0.25) is 0 Å². The van der Waals surface area contributed by atoms with Gasteiger partial charge in [-0.05, 0) is 62.6 Å². The second kappa shape index (κ2) is 7.61. The van der Waals surface area contributed by atoms with E-state index in [0.29, 0.717) is 11.5 Å². The molecule has 1 nitrogen and oxygen atoms in total. The van der Waals surface area contributed by atoms with Gasteiger partial charge in [0.15, 0.2) is 0 Å². The second-order valence-electron chi connectivity index (χ2n) is 6.36. The van der Waals surface area contributed by atoms with Crippen LogP contribution in [0, 0.1) is 5.41 Å². The van der Waals surface area contributed by atoms with Crippen molar-refractivity contribution in [2.45, 2.75) is 78.2 Å². The zero-order chi connectivity index (χ0) is 14.4. The number of thiophene rings is 1. The summed E-state index contributed by atoms with van der Waals surface area (Å²) in [6.45, 7) is 8.10. The van der Waals surface area contributed by atoms with Crippen LogP contribution in [0.4, 0.5) is 0 Å². The molecule has 0 radical (unpaired) electrons. The van der Waals surface area contributed by atoms with E-state index in [1.165, 1.54) is 62.8 Å². The molecule has 2 rings (SSSR count). The first-order valence-electron chi connectivity index (χ1n) is 8.55. The average Bonchev–Trinajstić information content (AvgIpc) is 3.12. The molecule has 0 spiro atoms. The quantitative estimate of drug-likeness (QED) is 0.695. The molecule has 0 aliphatic heterocycles. The maximum atomic E-state index is 3.89. The molecule has 114 valence electrons. The number of nitrogens with one attached hydrogen (secondary N) is 1. The van der Waals surface area contributed by atoms with Crippen molar-refractivity contribution in [1.82, 2.24) is 5.32 Å². The molecule has 0 bridgehead atoms. The van der Waals surface area contributed by atoms with Crippen LogP contribution in [0.25, 0.3) is 0 Å². The Morgan fingerprint density at radius 1 is 1.15 bits per heavy atom. The second-order valence-corrected chi connectivity index (χ2v) is 7.61. The third-order valence-corrected chi connectivity index (χ3v) is 6.41. The molecule has 1 N–H and O–H groups in total. The molecule has 1 aromatic heterocycles. The van der Waals surface area contributed by atoms with Crippen LogP contribution in [0.5, 0.6) is 0 Å². The zero-order valence-electron chi connectivity index (χ0n) is 13.5. The van der Waals surface area contributed by atoms with Crippen molar-refractivity contribution in [2.24, 2.45) is 5.41 Å². The Bertz CT molecular complexity index is 390. The van der Waals surface area contributed by atoms with Gasteiger partial charge in [0.1, 0.15) is 0 Å². The Labute approximate surface area is 129 Å². The first-order valence-corrected chi connectivity index (χ1v) is 9.36. The van der Waals surface area contributed by atoms with E-state index in [9.17, 15) is 0 Å². The molecule has 20 heavy (non-hydrogen) atoms. The molecule has 1 aliphatic carbocycles. The monoisotopic (exact) mass is 293 g/mol. The van der Waals surface area contributed by atoms with E-state index >= 15 is 0 Å². The Balaban J connectivity index is 2.09. The van der Waals surface area contributed by atoms with E-state index in [2.05, 4.69) is 38.2 Å². The Morgan fingerprint density at radius 2 is 1.85 bits per heavy atom. The number of aryl methyl sites for hydroxylation is 1. The van der Waals surface area contributed by atoms with E-state index in [1.54, 1.807) is 4.88 Å². The van der Waals surface area contributed by atoms with Crippen LogP contribution < -0.4 is 5.32 Å². The van der Waals surface area contributed by atoms with Gasteiger partial charge in [0.05, 0.1) is 0 Å². The first-order chi connectivity index (χ1) is 9.74. The highest BCUT2D eigenvalue weighted by atomic mass is 32.1. The predicted molar refractivity (Wildman–Crippen MR) is 90.7 cm³/mol. The van der Waals surface area contributed by atoms with Gasteiger partial charge in [-0.15, -0.1) is 11.3 Å². The van der Waals surface area contributed by atoms with Gasteiger partial charge in [0.25, 0.3) is 0 Å². The zero-order valence-corrected chi connectivity index (χ0v) is 14.3. The molecule has 1 fully saturated rings. The van der Waals surface area contributed by atoms with Crippen molar-refractivity contribution in [2.75, 3.05) is 6.54 Å². The molecule has 0 amide bonds. The van der Waals surface area contributed by atoms with E-state index in [-0.39, 0.29) is 0 Å². The summed E-state index contributed by atoms with van der Waals surface area (Å²) in [5, 5.41) is 3.89. The topological polar surface area (TPSA) is 12.0 Å². The molecule has 1 saturated carbocycles. The van der Waals surface area contributed by atoms with Crippen LogP contribution in [-0.2, 0) is 12.8 Å². The summed E-state index contributed by atoms with van der Waals surface area (Å²) < 4.78 is 0. The fraction of sp³-hybridized carbons (Fsp3) is 0.778. The highest BCUT2D eigenvalue weighted by Gasteiger charge is 2.39. The molecule has 1 atom stereocenters. The molecular weight excluding hydrogens is 262 g/mol. The van der Waals surface area contributed by atoms with E-state index in [0.717, 1.165) is 0 Å². The smallest absolute Gasteiger partial charge is 0.0172 e. The fourth-order valence-corrected chi connectivity index (χ4v) is 4.78. The highest BCUT2D eigenvalue weighted by Crippen LogP contribution is 2.45. The van der Waals surface area contributed by atoms with Gasteiger partial charge in [-0.25, -0.2) is 0 Å². The summed E-state index contributed by atoms with van der Waals surface area (Å²) in [6.07, 6.45) is 10.7. The SMILES string of the molecule is CCCNC(Cc1ccc(CC)s1)C1(CC)CCCC1. The third-order valence-electron chi connectivity index (χ3n) is 5.15. The lowest BCUT2D eigenvalue weighted by Crippen LogP contribution is -2.45. The Morgan fingerprint density at radius 3 is 2.40 bits per heavy atom. The number of rotatable bonds is 8. The van der Waals surface area contributed by atoms with Gasteiger partial charge >= 0.3 is 0 Å². The van der Waals surface area contributed by atoms with Crippen LogP contribution in [-0.4, -0.2) is 12.6 Å². The summed E-state index contributed by atoms with van der Waals surface area (Å²) in [7, 11) is 0. The number of hydrogen-bond donors (Lipinski definition) is 1. The van der Waals surface area contributed by atoms with Crippen molar-refractivity contribution < 1.29 is 0 Å². The molecule has 0 aromatic carbocycles. The predicted octanol–water partition coefficient (Wildman–Crippen LogP) is 5.19. The maximum Gasteiger partial charge on any atom is 0.0172 e. The summed E-state index contributed by atoms with van der Waals surface area (Å²) in [5.74, 6) is 0. The minimum absolute atomic E-state index is 0.561. The van der Waals surface area contributed by atoms with Crippen molar-refractivity contribution >= 4 is 11.3 Å². The maximum absolute atomic E-state index is 3.89. The Hall–Kier alpha value is -0.340. The molecule has 1 unspecified atom stereocenters. The van der Waals surface area contributed by atoms with Crippen LogP contribution >= 0.6 is 11.3 Å².